The van der Waals surface area contributed by atoms with Crippen LogP contribution in [0.4, 0.5) is 13.2 Å². The van der Waals surface area contributed by atoms with Gasteiger partial charge in [0.1, 0.15) is 5.56 Å². The maximum atomic E-state index is 12.4. The van der Waals surface area contributed by atoms with Gasteiger partial charge in [-0.05, 0) is 48.4 Å². The largest absolute Gasteiger partial charge is 0.490 e. The van der Waals surface area contributed by atoms with Crippen molar-refractivity contribution in [2.75, 3.05) is 0 Å². The number of carboxylic acids is 1. The third-order valence-corrected chi connectivity index (χ3v) is 4.25. The van der Waals surface area contributed by atoms with Crippen molar-refractivity contribution in [3.8, 4) is 11.3 Å². The van der Waals surface area contributed by atoms with Crippen molar-refractivity contribution in [2.45, 2.75) is 19.6 Å². The quantitative estimate of drug-likeness (QED) is 0.539. The van der Waals surface area contributed by atoms with Gasteiger partial charge in [-0.1, -0.05) is 17.7 Å². The molecule has 0 radical (unpaired) electrons. The Kier molecular flexibility index (Phi) is 8.08. The van der Waals surface area contributed by atoms with Crippen LogP contribution in [0.1, 0.15) is 21.5 Å². The number of amides is 1. The number of hydrogen-bond acceptors (Lipinski definition) is 5. The number of aromatic nitrogens is 3. The summed E-state index contributed by atoms with van der Waals surface area (Å²) in [5.74, 6) is -3.22. The molecule has 0 bridgehead atoms. The van der Waals surface area contributed by atoms with Gasteiger partial charge in [0.15, 0.2) is 0 Å². The van der Waals surface area contributed by atoms with E-state index in [1.54, 1.807) is 30.6 Å². The van der Waals surface area contributed by atoms with Crippen LogP contribution < -0.4 is 10.9 Å². The zero-order chi connectivity index (χ0) is 23.9. The number of benzene rings is 1. The number of H-pyrrole nitrogens is 1. The minimum absolute atomic E-state index is 0.00780. The molecule has 3 rings (SSSR count). The van der Waals surface area contributed by atoms with Crippen LogP contribution in [0.2, 0.25) is 5.02 Å². The molecule has 0 saturated carbocycles. The smallest absolute Gasteiger partial charge is 0.475 e. The number of aryl methyl sites for hydroxylation is 1. The Labute approximate surface area is 184 Å². The lowest BCUT2D eigenvalue weighted by atomic mass is 10.1. The first-order valence-electron chi connectivity index (χ1n) is 8.82. The highest BCUT2D eigenvalue weighted by Gasteiger charge is 2.38. The number of carboxylic acid groups (broad SMARTS) is 1. The van der Waals surface area contributed by atoms with E-state index in [-0.39, 0.29) is 5.56 Å². The highest BCUT2D eigenvalue weighted by molar-refractivity contribution is 6.30. The lowest BCUT2D eigenvalue weighted by Crippen LogP contribution is -2.30. The van der Waals surface area contributed by atoms with Gasteiger partial charge >= 0.3 is 12.1 Å². The molecule has 32 heavy (non-hydrogen) atoms. The predicted octanol–water partition coefficient (Wildman–Crippen LogP) is 3.36. The lowest BCUT2D eigenvalue weighted by molar-refractivity contribution is -0.192. The van der Waals surface area contributed by atoms with Crippen molar-refractivity contribution >= 4 is 23.5 Å². The summed E-state index contributed by atoms with van der Waals surface area (Å²) in [7, 11) is 0. The fraction of sp³-hybridized carbons (Fsp3) is 0.150. The molecule has 2 aromatic heterocycles. The van der Waals surface area contributed by atoms with Gasteiger partial charge in [-0.25, -0.2) is 9.89 Å². The van der Waals surface area contributed by atoms with E-state index in [1.165, 1.54) is 6.07 Å². The first-order valence-corrected chi connectivity index (χ1v) is 9.20. The highest BCUT2D eigenvalue weighted by Crippen LogP contribution is 2.16. The molecule has 12 heteroatoms. The molecular formula is C20H16ClF3N4O4. The van der Waals surface area contributed by atoms with Crippen LogP contribution in [0, 0.1) is 6.92 Å². The summed E-state index contributed by atoms with van der Waals surface area (Å²) < 4.78 is 31.7. The molecule has 3 N–H and O–H groups in total. The maximum Gasteiger partial charge on any atom is 0.490 e. The summed E-state index contributed by atoms with van der Waals surface area (Å²) in [6.07, 6.45) is -1.85. The molecule has 0 fully saturated rings. The summed E-state index contributed by atoms with van der Waals surface area (Å²) in [6.45, 7) is 2.21. The summed E-state index contributed by atoms with van der Waals surface area (Å²) >= 11 is 5.93. The van der Waals surface area contributed by atoms with Crippen molar-refractivity contribution in [2.24, 2.45) is 0 Å². The van der Waals surface area contributed by atoms with E-state index in [1.807, 2.05) is 19.1 Å². The Morgan fingerprint density at radius 3 is 2.34 bits per heavy atom. The second-order valence-corrected chi connectivity index (χ2v) is 6.72. The molecule has 3 aromatic rings. The van der Waals surface area contributed by atoms with E-state index in [9.17, 15) is 22.8 Å². The minimum atomic E-state index is -5.08. The highest BCUT2D eigenvalue weighted by atomic mass is 35.5. The number of pyridine rings is 1. The van der Waals surface area contributed by atoms with E-state index in [4.69, 9.17) is 21.5 Å². The van der Waals surface area contributed by atoms with Crippen LogP contribution in [-0.2, 0) is 11.3 Å². The molecule has 0 spiro atoms. The molecule has 8 nitrogen and oxygen atoms in total. The van der Waals surface area contributed by atoms with Gasteiger partial charge in [0.05, 0.1) is 5.69 Å². The Balaban J connectivity index is 0.000000451. The monoisotopic (exact) mass is 468 g/mol. The predicted molar refractivity (Wildman–Crippen MR) is 109 cm³/mol. The number of rotatable bonds is 4. The zero-order valence-corrected chi connectivity index (χ0v) is 17.2. The topological polar surface area (TPSA) is 125 Å². The molecule has 1 aromatic carbocycles. The number of aliphatic carboxylic acids is 1. The van der Waals surface area contributed by atoms with Crippen molar-refractivity contribution in [1.82, 2.24) is 20.5 Å². The number of carbonyl (C=O) groups is 2. The fourth-order valence-corrected chi connectivity index (χ4v) is 2.60. The Hall–Kier alpha value is -3.73. The minimum Gasteiger partial charge on any atom is -0.475 e. The Morgan fingerprint density at radius 2 is 1.78 bits per heavy atom. The van der Waals surface area contributed by atoms with E-state index < -0.39 is 23.6 Å². The first-order chi connectivity index (χ1) is 15.0. The molecule has 0 aliphatic carbocycles. The number of hydrogen-bond donors (Lipinski definition) is 3. The van der Waals surface area contributed by atoms with Crippen LogP contribution in [0.3, 0.4) is 0 Å². The number of nitrogens with zero attached hydrogens (tertiary/aromatic N) is 2. The molecular weight excluding hydrogens is 453 g/mol. The van der Waals surface area contributed by atoms with Crippen LogP contribution in [0.25, 0.3) is 11.3 Å². The van der Waals surface area contributed by atoms with Crippen LogP contribution in [0.5, 0.6) is 0 Å². The number of alkyl halides is 3. The van der Waals surface area contributed by atoms with Gasteiger partial charge in [0.25, 0.3) is 11.5 Å². The van der Waals surface area contributed by atoms with Gasteiger partial charge < -0.3 is 10.4 Å². The molecule has 0 atom stereocenters. The first kappa shape index (κ1) is 24.5. The van der Waals surface area contributed by atoms with E-state index in [2.05, 4.69) is 20.5 Å². The van der Waals surface area contributed by atoms with Crippen molar-refractivity contribution < 1.29 is 27.9 Å². The molecule has 0 saturated heterocycles. The molecule has 0 aliphatic heterocycles. The average molecular weight is 469 g/mol. The molecule has 168 valence electrons. The van der Waals surface area contributed by atoms with Crippen molar-refractivity contribution in [3.63, 3.8) is 0 Å². The van der Waals surface area contributed by atoms with E-state index >= 15 is 0 Å². The second kappa shape index (κ2) is 10.5. The van der Waals surface area contributed by atoms with Gasteiger partial charge in [0, 0.05) is 29.5 Å². The summed E-state index contributed by atoms with van der Waals surface area (Å²) in [5.41, 5.74) is 2.62. The third kappa shape index (κ3) is 6.91. The number of carbonyl (C=O) groups excluding carboxylic acids is 1. The SMILES string of the molecule is Cc1cc(Cl)ccc1CNC(=O)c1cc(-c2ccncc2)n[nH]c1=O.O=C(O)C(F)(F)F. The number of aromatic amines is 1. The summed E-state index contributed by atoms with van der Waals surface area (Å²) in [5, 5.41) is 16.9. The number of halogens is 4. The molecule has 1 amide bonds. The Bertz CT molecular complexity index is 1170. The van der Waals surface area contributed by atoms with E-state index in [0.29, 0.717) is 17.3 Å². The van der Waals surface area contributed by atoms with Gasteiger partial charge in [-0.15, -0.1) is 0 Å². The summed E-state index contributed by atoms with van der Waals surface area (Å²) in [6, 6.07) is 10.4. The van der Waals surface area contributed by atoms with Crippen molar-refractivity contribution in [1.29, 1.82) is 0 Å². The second-order valence-electron chi connectivity index (χ2n) is 6.29. The summed E-state index contributed by atoms with van der Waals surface area (Å²) in [4.78, 5) is 37.2. The number of nitrogens with one attached hydrogen (secondary N) is 2. The molecule has 0 aliphatic rings. The third-order valence-electron chi connectivity index (χ3n) is 4.01. The standard InChI is InChI=1S/C18H15ClN4O2.C2HF3O2/c1-11-8-14(19)3-2-13(11)10-21-17(24)15-9-16(22-23-18(15)25)12-4-6-20-7-5-12;3-2(4,5)1(6)7/h2-9H,10H2,1H3,(H,21,24)(H,23,25);(H,6,7). The van der Waals surface area contributed by atoms with Gasteiger partial charge in [0.2, 0.25) is 0 Å². The lowest BCUT2D eigenvalue weighted by Gasteiger charge is -2.09. The van der Waals surface area contributed by atoms with Crippen molar-refractivity contribution in [3.05, 3.63) is 80.9 Å². The maximum absolute atomic E-state index is 12.4. The molecule has 2 heterocycles. The van der Waals surface area contributed by atoms with Crippen LogP contribution in [0.15, 0.2) is 53.6 Å². The normalized spacial score (nSPS) is 10.7. The zero-order valence-electron chi connectivity index (χ0n) is 16.4. The van der Waals surface area contributed by atoms with Gasteiger partial charge in [-0.3, -0.25) is 14.6 Å². The fourth-order valence-electron chi connectivity index (χ4n) is 2.37. The van der Waals surface area contributed by atoms with Gasteiger partial charge in [-0.2, -0.15) is 18.3 Å². The average Bonchev–Trinajstić information content (AvgIpc) is 2.73. The van der Waals surface area contributed by atoms with E-state index in [0.717, 1.165) is 16.7 Å². The molecule has 0 unspecified atom stereocenters. The van der Waals surface area contributed by atoms with Crippen LogP contribution >= 0.6 is 11.6 Å². The Morgan fingerprint density at radius 1 is 1.16 bits per heavy atom. The van der Waals surface area contributed by atoms with Crippen LogP contribution in [-0.4, -0.2) is 38.3 Å².